The van der Waals surface area contributed by atoms with Crippen LogP contribution in [0.15, 0.2) is 53.0 Å². The van der Waals surface area contributed by atoms with Crippen LogP contribution >= 0.6 is 28.1 Å². The Morgan fingerprint density at radius 3 is 2.44 bits per heavy atom. The Balaban J connectivity index is 2.23. The Labute approximate surface area is 119 Å². The molecule has 0 aliphatic carbocycles. The van der Waals surface area contributed by atoms with E-state index in [2.05, 4.69) is 21.2 Å². The molecule has 0 aromatic heterocycles. The molecule has 2 aromatic carbocycles. The van der Waals surface area contributed by atoms with E-state index in [4.69, 9.17) is 22.7 Å². The lowest BCUT2D eigenvalue weighted by Crippen LogP contribution is -2.19. The fraction of sp³-hybridized carbons (Fsp3) is 0. The summed E-state index contributed by atoms with van der Waals surface area (Å²) in [7, 11) is 0. The third-order valence-electron chi connectivity index (χ3n) is 2.19. The number of nitrogens with one attached hydrogen (secondary N) is 1. The van der Waals surface area contributed by atoms with Crippen molar-refractivity contribution in [1.29, 1.82) is 0 Å². The number of hydrogen-bond acceptors (Lipinski definition) is 2. The van der Waals surface area contributed by atoms with E-state index in [1.54, 1.807) is 0 Å². The van der Waals surface area contributed by atoms with Crippen molar-refractivity contribution in [2.75, 3.05) is 5.32 Å². The fourth-order valence-corrected chi connectivity index (χ4v) is 1.80. The quantitative estimate of drug-likeness (QED) is 0.841. The zero-order valence-electron chi connectivity index (χ0n) is 9.39. The van der Waals surface area contributed by atoms with Gasteiger partial charge in [-0.15, -0.1) is 0 Å². The Bertz CT molecular complexity index is 557. The second-order valence-corrected chi connectivity index (χ2v) is 4.90. The summed E-state index contributed by atoms with van der Waals surface area (Å²) in [6, 6.07) is 15.1. The van der Waals surface area contributed by atoms with Gasteiger partial charge in [0.2, 0.25) is 0 Å². The first-order chi connectivity index (χ1) is 8.65. The number of anilines is 1. The third-order valence-corrected chi connectivity index (χ3v) is 2.82. The van der Waals surface area contributed by atoms with Crippen molar-refractivity contribution in [3.05, 3.63) is 53.0 Å². The summed E-state index contributed by atoms with van der Waals surface area (Å²) in [5.74, 6) is 1.42. The molecule has 0 aliphatic heterocycles. The predicted octanol–water partition coefficient (Wildman–Crippen LogP) is 3.90. The lowest BCUT2D eigenvalue weighted by Gasteiger charge is -2.11. The number of para-hydroxylation sites is 2. The minimum Gasteiger partial charge on any atom is -0.455 e. The highest BCUT2D eigenvalue weighted by molar-refractivity contribution is 9.10. The summed E-state index contributed by atoms with van der Waals surface area (Å²) in [6.07, 6.45) is 0. The molecule has 2 rings (SSSR count). The number of hydrogen-bond donors (Lipinski definition) is 2. The molecule has 0 heterocycles. The molecule has 0 unspecified atom stereocenters. The van der Waals surface area contributed by atoms with Crippen LogP contribution in [0.1, 0.15) is 0 Å². The van der Waals surface area contributed by atoms with Gasteiger partial charge in [-0.05, 0) is 48.6 Å². The van der Waals surface area contributed by atoms with Crippen LogP contribution in [0.2, 0.25) is 0 Å². The van der Waals surface area contributed by atoms with E-state index in [1.807, 2.05) is 48.5 Å². The maximum Gasteiger partial charge on any atom is 0.168 e. The molecule has 18 heavy (non-hydrogen) atoms. The van der Waals surface area contributed by atoms with Crippen molar-refractivity contribution >= 4 is 38.9 Å². The Hall–Kier alpha value is -1.59. The first kappa shape index (κ1) is 12.9. The molecular formula is C13H11BrN2OS. The summed E-state index contributed by atoms with van der Waals surface area (Å²) in [6.45, 7) is 0. The first-order valence-electron chi connectivity index (χ1n) is 5.24. The van der Waals surface area contributed by atoms with E-state index < -0.39 is 0 Å². The van der Waals surface area contributed by atoms with Crippen molar-refractivity contribution in [3.63, 3.8) is 0 Å². The standard InChI is InChI=1S/C13H11BrN2OS/c14-9-5-7-10(8-6-9)17-12-4-2-1-3-11(12)16-13(15)18/h1-8H,(H3,15,16,18). The van der Waals surface area contributed by atoms with Crippen LogP contribution in [0.5, 0.6) is 11.5 Å². The van der Waals surface area contributed by atoms with Gasteiger partial charge in [0.1, 0.15) is 5.75 Å². The van der Waals surface area contributed by atoms with Crippen LogP contribution in [0, 0.1) is 0 Å². The van der Waals surface area contributed by atoms with E-state index in [0.29, 0.717) is 5.75 Å². The number of ether oxygens (including phenoxy) is 1. The summed E-state index contributed by atoms with van der Waals surface area (Å²) >= 11 is 8.20. The Morgan fingerprint density at radius 1 is 1.11 bits per heavy atom. The lowest BCUT2D eigenvalue weighted by molar-refractivity contribution is 0.485. The number of benzene rings is 2. The van der Waals surface area contributed by atoms with Crippen LogP contribution in [0.4, 0.5) is 5.69 Å². The summed E-state index contributed by atoms with van der Waals surface area (Å²) in [5.41, 5.74) is 6.21. The first-order valence-corrected chi connectivity index (χ1v) is 6.44. The second-order valence-electron chi connectivity index (χ2n) is 3.54. The highest BCUT2D eigenvalue weighted by atomic mass is 79.9. The van der Waals surface area contributed by atoms with Gasteiger partial charge in [-0.2, -0.15) is 0 Å². The van der Waals surface area contributed by atoms with Crippen molar-refractivity contribution < 1.29 is 4.74 Å². The van der Waals surface area contributed by atoms with Crippen LogP contribution < -0.4 is 15.8 Å². The van der Waals surface area contributed by atoms with Gasteiger partial charge < -0.3 is 15.8 Å². The topological polar surface area (TPSA) is 47.3 Å². The van der Waals surface area contributed by atoms with E-state index in [1.165, 1.54) is 0 Å². The number of thiocarbonyl (C=S) groups is 1. The van der Waals surface area contributed by atoms with Crippen molar-refractivity contribution in [3.8, 4) is 11.5 Å². The summed E-state index contributed by atoms with van der Waals surface area (Å²) in [4.78, 5) is 0. The summed E-state index contributed by atoms with van der Waals surface area (Å²) in [5, 5.41) is 3.09. The van der Waals surface area contributed by atoms with Gasteiger partial charge in [-0.1, -0.05) is 28.1 Å². The highest BCUT2D eigenvalue weighted by Crippen LogP contribution is 2.29. The van der Waals surface area contributed by atoms with Crippen LogP contribution in [0.3, 0.4) is 0 Å². The van der Waals surface area contributed by atoms with Crippen molar-refractivity contribution in [2.45, 2.75) is 0 Å². The fourth-order valence-electron chi connectivity index (χ4n) is 1.42. The van der Waals surface area contributed by atoms with Crippen LogP contribution in [-0.4, -0.2) is 5.11 Å². The monoisotopic (exact) mass is 322 g/mol. The minimum atomic E-state index is 0.210. The average molecular weight is 323 g/mol. The zero-order chi connectivity index (χ0) is 13.0. The van der Waals surface area contributed by atoms with Gasteiger partial charge in [0, 0.05) is 4.47 Å². The van der Waals surface area contributed by atoms with Crippen LogP contribution in [-0.2, 0) is 0 Å². The predicted molar refractivity (Wildman–Crippen MR) is 81.1 cm³/mol. The Kier molecular flexibility index (Phi) is 4.17. The molecule has 0 fully saturated rings. The molecule has 0 bridgehead atoms. The molecule has 0 aliphatic rings. The molecule has 0 atom stereocenters. The van der Waals surface area contributed by atoms with Gasteiger partial charge in [0.05, 0.1) is 5.69 Å². The molecule has 92 valence electrons. The Morgan fingerprint density at radius 2 is 1.78 bits per heavy atom. The SMILES string of the molecule is NC(=S)Nc1ccccc1Oc1ccc(Br)cc1. The maximum absolute atomic E-state index is 5.77. The molecule has 0 spiro atoms. The van der Waals surface area contributed by atoms with E-state index in [-0.39, 0.29) is 5.11 Å². The molecule has 0 saturated heterocycles. The van der Waals surface area contributed by atoms with Crippen molar-refractivity contribution in [1.82, 2.24) is 0 Å². The largest absolute Gasteiger partial charge is 0.455 e. The average Bonchev–Trinajstić information content (AvgIpc) is 2.34. The number of rotatable bonds is 3. The van der Waals surface area contributed by atoms with Gasteiger partial charge in [0.15, 0.2) is 10.9 Å². The van der Waals surface area contributed by atoms with Gasteiger partial charge >= 0.3 is 0 Å². The molecule has 5 heteroatoms. The molecule has 0 amide bonds. The van der Waals surface area contributed by atoms with E-state index in [0.717, 1.165) is 15.9 Å². The van der Waals surface area contributed by atoms with Gasteiger partial charge in [-0.3, -0.25) is 0 Å². The van der Waals surface area contributed by atoms with Crippen molar-refractivity contribution in [2.24, 2.45) is 5.73 Å². The molecular weight excluding hydrogens is 312 g/mol. The van der Waals surface area contributed by atoms with Gasteiger partial charge in [0.25, 0.3) is 0 Å². The van der Waals surface area contributed by atoms with Gasteiger partial charge in [-0.25, -0.2) is 0 Å². The van der Waals surface area contributed by atoms with E-state index >= 15 is 0 Å². The number of halogens is 1. The summed E-state index contributed by atoms with van der Waals surface area (Å²) < 4.78 is 6.77. The van der Waals surface area contributed by atoms with E-state index in [9.17, 15) is 0 Å². The lowest BCUT2D eigenvalue weighted by atomic mass is 10.3. The molecule has 0 radical (unpaired) electrons. The molecule has 0 saturated carbocycles. The second kappa shape index (κ2) is 5.84. The molecule has 2 aromatic rings. The maximum atomic E-state index is 5.77. The molecule has 3 nitrogen and oxygen atoms in total. The number of nitrogens with two attached hydrogens (primary N) is 1. The molecule has 3 N–H and O–H groups in total. The zero-order valence-corrected chi connectivity index (χ0v) is 11.8. The normalized spacial score (nSPS) is 9.83. The third kappa shape index (κ3) is 3.45. The van der Waals surface area contributed by atoms with Crippen LogP contribution in [0.25, 0.3) is 0 Å². The highest BCUT2D eigenvalue weighted by Gasteiger charge is 2.04. The smallest absolute Gasteiger partial charge is 0.168 e. The minimum absolute atomic E-state index is 0.210.